The average Bonchev–Trinajstić information content (AvgIpc) is 2.96. The van der Waals surface area contributed by atoms with E-state index in [1.807, 2.05) is 9.83 Å². The summed E-state index contributed by atoms with van der Waals surface area (Å²) >= 11 is 0. The molecule has 0 fully saturated rings. The summed E-state index contributed by atoms with van der Waals surface area (Å²) in [5.74, 6) is 2.63. The molecule has 0 aliphatic carbocycles. The molecule has 0 aromatic heterocycles. The van der Waals surface area contributed by atoms with Crippen LogP contribution in [0.15, 0.2) is 9.04 Å². The Kier molecular flexibility index (Phi) is 12.3. The molecule has 21 heavy (non-hydrogen) atoms. The zero-order chi connectivity index (χ0) is 15.2. The van der Waals surface area contributed by atoms with Gasteiger partial charge in [0.25, 0.3) is 0 Å². The summed E-state index contributed by atoms with van der Waals surface area (Å²) in [5, 5.41) is 0. The van der Waals surface area contributed by atoms with Crippen molar-refractivity contribution in [2.75, 3.05) is 11.5 Å². The summed E-state index contributed by atoms with van der Waals surface area (Å²) in [6.07, 6.45) is 16.7. The molecule has 0 saturated carbocycles. The van der Waals surface area contributed by atoms with Gasteiger partial charge in [0.1, 0.15) is 0 Å². The van der Waals surface area contributed by atoms with Crippen LogP contribution in [-0.4, -0.2) is 11.5 Å². The average molecular weight is 351 g/mol. The van der Waals surface area contributed by atoms with E-state index in [4.69, 9.17) is 0 Å². The lowest BCUT2D eigenvalue weighted by Crippen LogP contribution is -2.01. The van der Waals surface area contributed by atoms with Crippen molar-refractivity contribution in [3.05, 3.63) is 0 Å². The lowest BCUT2D eigenvalue weighted by atomic mass is 10.1. The van der Waals surface area contributed by atoms with Crippen molar-refractivity contribution in [1.82, 2.24) is 0 Å². The van der Waals surface area contributed by atoms with Gasteiger partial charge < -0.3 is 0 Å². The van der Waals surface area contributed by atoms with Crippen molar-refractivity contribution in [3.8, 4) is 0 Å². The Labute approximate surface area is 141 Å². The highest BCUT2D eigenvalue weighted by atomic mass is 33.5. The van der Waals surface area contributed by atoms with Crippen molar-refractivity contribution >= 4 is 30.1 Å². The third-order valence-corrected chi connectivity index (χ3v) is 12.0. The van der Waals surface area contributed by atoms with E-state index in [1.54, 1.807) is 11.0 Å². The van der Waals surface area contributed by atoms with E-state index in [-0.39, 0.29) is 0 Å². The van der Waals surface area contributed by atoms with Gasteiger partial charge in [-0.2, -0.15) is 0 Å². The largest absolute Gasteiger partial charge is 0.119 e. The number of nitrogens with zero attached hydrogens (tertiary/aromatic N) is 2. The summed E-state index contributed by atoms with van der Waals surface area (Å²) in [6, 6.07) is 0. The van der Waals surface area contributed by atoms with Crippen LogP contribution in [0.3, 0.4) is 0 Å². The first-order valence-corrected chi connectivity index (χ1v) is 13.4. The Morgan fingerprint density at radius 3 is 1.57 bits per heavy atom. The molecule has 0 amide bonds. The van der Waals surface area contributed by atoms with E-state index in [0.29, 0.717) is 0 Å². The minimum Gasteiger partial charge on any atom is -0.119 e. The van der Waals surface area contributed by atoms with E-state index in [0.717, 1.165) is 0 Å². The molecule has 0 radical (unpaired) electrons. The number of hydrogen-bond acceptors (Lipinski definition) is 4. The van der Waals surface area contributed by atoms with Gasteiger partial charge >= 0.3 is 0 Å². The second-order valence-electron chi connectivity index (χ2n) is 6.02. The Bertz CT molecular complexity index is 256. The fourth-order valence-electron chi connectivity index (χ4n) is 2.63. The maximum absolute atomic E-state index is 4.67. The number of rotatable bonds is 14. The zero-order valence-electron chi connectivity index (χ0n) is 14.0. The normalized spacial score (nSPS) is 18.2. The highest BCUT2D eigenvalue weighted by Gasteiger charge is 2.28. The predicted molar refractivity (Wildman–Crippen MR) is 104 cm³/mol. The predicted octanol–water partition coefficient (Wildman–Crippen LogP) is 8.10. The van der Waals surface area contributed by atoms with Crippen molar-refractivity contribution in [2.45, 2.75) is 90.9 Å². The van der Waals surface area contributed by atoms with E-state index < -0.39 is 9.25 Å². The van der Waals surface area contributed by atoms with Gasteiger partial charge in [0.15, 0.2) is 0 Å². The highest BCUT2D eigenvalue weighted by Crippen LogP contribution is 2.71. The first-order chi connectivity index (χ1) is 10.3. The van der Waals surface area contributed by atoms with Crippen LogP contribution in [0.4, 0.5) is 0 Å². The first-order valence-electron chi connectivity index (χ1n) is 8.89. The molecule has 0 atom stereocenters. The molecule has 126 valence electrons. The van der Waals surface area contributed by atoms with E-state index >= 15 is 0 Å². The van der Waals surface area contributed by atoms with E-state index in [1.165, 1.54) is 88.6 Å². The van der Waals surface area contributed by atoms with Crippen molar-refractivity contribution < 1.29 is 0 Å². The van der Waals surface area contributed by atoms with Gasteiger partial charge in [-0.15, -0.1) is 4.52 Å². The molecule has 1 aliphatic rings. The lowest BCUT2D eigenvalue weighted by molar-refractivity contribution is 0.622. The van der Waals surface area contributed by atoms with Crippen LogP contribution in [-0.2, 0) is 0 Å². The second-order valence-corrected chi connectivity index (χ2v) is 12.9. The van der Waals surface area contributed by atoms with Crippen LogP contribution in [0.25, 0.3) is 0 Å². The van der Waals surface area contributed by atoms with Gasteiger partial charge in [0, 0.05) is 21.3 Å². The molecule has 5 heteroatoms. The van der Waals surface area contributed by atoms with Gasteiger partial charge in [0.2, 0.25) is 0 Å². The molecule has 1 rings (SSSR count). The molecular formula is C16H34N2S3. The standard InChI is InChI=1S/C16H34N2S3/c1-3-5-7-9-11-13-15-21(18-17-19-20-21)16-14-12-10-8-6-4-2/h3-16H2,1-2H3. The van der Waals surface area contributed by atoms with Gasteiger partial charge in [-0.1, -0.05) is 91.8 Å². The summed E-state index contributed by atoms with van der Waals surface area (Å²) < 4.78 is 8.90. The smallest absolute Gasteiger partial charge is 0.0799 e. The minimum absolute atomic E-state index is 0.809. The minimum atomic E-state index is -0.809. The monoisotopic (exact) mass is 350 g/mol. The summed E-state index contributed by atoms with van der Waals surface area (Å²) in [6.45, 7) is 4.57. The molecular weight excluding hydrogens is 316 g/mol. The van der Waals surface area contributed by atoms with Crippen LogP contribution in [0, 0.1) is 0 Å². The zero-order valence-corrected chi connectivity index (χ0v) is 16.5. The van der Waals surface area contributed by atoms with Gasteiger partial charge in [-0.05, 0) is 12.8 Å². The molecule has 2 nitrogen and oxygen atoms in total. The van der Waals surface area contributed by atoms with Gasteiger partial charge in [-0.3, -0.25) is 0 Å². The van der Waals surface area contributed by atoms with Crippen LogP contribution in [0.2, 0.25) is 0 Å². The molecule has 1 heterocycles. The molecule has 0 aromatic carbocycles. The van der Waals surface area contributed by atoms with Crippen LogP contribution in [0.5, 0.6) is 0 Å². The van der Waals surface area contributed by atoms with Crippen molar-refractivity contribution in [3.63, 3.8) is 0 Å². The topological polar surface area (TPSA) is 24.7 Å². The fraction of sp³-hybridized carbons (Fsp3) is 1.00. The quantitative estimate of drug-likeness (QED) is 0.179. The number of hydrogen-bond donors (Lipinski definition) is 0. The maximum atomic E-state index is 4.67. The summed E-state index contributed by atoms with van der Waals surface area (Å²) in [7, 11) is 2.82. The molecule has 0 N–H and O–H groups in total. The maximum Gasteiger partial charge on any atom is 0.0799 e. The van der Waals surface area contributed by atoms with Crippen LogP contribution < -0.4 is 0 Å². The molecule has 0 spiro atoms. The summed E-state index contributed by atoms with van der Waals surface area (Å²) in [5.41, 5.74) is 0. The Hall–Kier alpha value is 0.650. The summed E-state index contributed by atoms with van der Waals surface area (Å²) in [4.78, 5) is 0. The lowest BCUT2D eigenvalue weighted by Gasteiger charge is -2.27. The Morgan fingerprint density at radius 2 is 1.14 bits per heavy atom. The van der Waals surface area contributed by atoms with E-state index in [9.17, 15) is 0 Å². The molecule has 0 bridgehead atoms. The Balaban J connectivity index is 2.11. The molecule has 0 unspecified atom stereocenters. The molecule has 1 aliphatic heterocycles. The van der Waals surface area contributed by atoms with Crippen LogP contribution >= 0.6 is 30.1 Å². The first kappa shape index (κ1) is 19.7. The van der Waals surface area contributed by atoms with Crippen molar-refractivity contribution in [1.29, 1.82) is 0 Å². The fourth-order valence-corrected chi connectivity index (χ4v) is 10.0. The van der Waals surface area contributed by atoms with E-state index in [2.05, 4.69) is 22.9 Å². The number of unbranched alkanes of at least 4 members (excludes halogenated alkanes) is 10. The molecule has 0 aromatic rings. The third-order valence-electron chi connectivity index (χ3n) is 4.01. The van der Waals surface area contributed by atoms with Gasteiger partial charge in [0.05, 0.1) is 11.0 Å². The molecule has 0 saturated heterocycles. The SMILES string of the molecule is CCCCCCCCS1(CCCCCCCC)N=NSS1. The van der Waals surface area contributed by atoms with Crippen molar-refractivity contribution in [2.24, 2.45) is 9.04 Å². The van der Waals surface area contributed by atoms with Crippen LogP contribution in [0.1, 0.15) is 90.9 Å². The van der Waals surface area contributed by atoms with Gasteiger partial charge in [-0.25, -0.2) is 0 Å². The Morgan fingerprint density at radius 1 is 0.667 bits per heavy atom. The highest BCUT2D eigenvalue weighted by molar-refractivity contribution is 9.19. The second kappa shape index (κ2) is 13.1. The third kappa shape index (κ3) is 9.39.